The molecule has 0 unspecified atom stereocenters. The molecule has 0 saturated carbocycles. The van der Waals surface area contributed by atoms with Gasteiger partial charge in [-0.2, -0.15) is 0 Å². The number of ether oxygens (including phenoxy) is 4. The lowest BCUT2D eigenvalue weighted by atomic mass is 9.96. The first-order valence-electron chi connectivity index (χ1n) is 10.6. The number of H-pyrrole nitrogens is 1. The average Bonchev–Trinajstić information content (AvgIpc) is 3.29. The third-order valence-corrected chi connectivity index (χ3v) is 5.92. The lowest BCUT2D eigenvalue weighted by Gasteiger charge is -2.11. The van der Waals surface area contributed by atoms with Gasteiger partial charge in [0.2, 0.25) is 0 Å². The molecule has 5 rings (SSSR count). The van der Waals surface area contributed by atoms with E-state index in [1.54, 1.807) is 34.5 Å². The second-order valence-corrected chi connectivity index (χ2v) is 7.67. The minimum absolute atomic E-state index is 0.372. The van der Waals surface area contributed by atoms with Crippen LogP contribution < -0.4 is 24.6 Å². The third-order valence-electron chi connectivity index (χ3n) is 5.92. The molecule has 1 N–H and O–H groups in total. The maximum atomic E-state index is 13.1. The average molecular weight is 457 g/mol. The van der Waals surface area contributed by atoms with Crippen molar-refractivity contribution in [3.8, 4) is 45.4 Å². The molecule has 0 aliphatic rings. The quantitative estimate of drug-likeness (QED) is 0.332. The largest absolute Gasteiger partial charge is 0.497 e. The Hall–Kier alpha value is -4.39. The van der Waals surface area contributed by atoms with Gasteiger partial charge in [-0.05, 0) is 53.6 Å². The zero-order valence-electron chi connectivity index (χ0n) is 19.2. The van der Waals surface area contributed by atoms with Crippen molar-refractivity contribution in [3.05, 3.63) is 71.1 Å². The van der Waals surface area contributed by atoms with Gasteiger partial charge in [-0.1, -0.05) is 12.1 Å². The molecular formula is C27H23NO6. The molecule has 0 amide bonds. The van der Waals surface area contributed by atoms with Gasteiger partial charge in [-0.15, -0.1) is 0 Å². The Kier molecular flexibility index (Phi) is 5.37. The Morgan fingerprint density at radius 3 is 1.82 bits per heavy atom. The summed E-state index contributed by atoms with van der Waals surface area (Å²) in [4.78, 5) is 16.4. The Morgan fingerprint density at radius 2 is 1.26 bits per heavy atom. The zero-order chi connectivity index (χ0) is 23.8. The number of hydrogen-bond donors (Lipinski definition) is 1. The molecule has 0 atom stereocenters. The summed E-state index contributed by atoms with van der Waals surface area (Å²) in [6.45, 7) is 0. The molecule has 7 heteroatoms. The molecule has 2 aromatic heterocycles. The van der Waals surface area contributed by atoms with E-state index in [0.29, 0.717) is 22.6 Å². The number of benzene rings is 3. The number of aromatic amines is 1. The zero-order valence-corrected chi connectivity index (χ0v) is 19.2. The van der Waals surface area contributed by atoms with E-state index in [1.807, 2.05) is 54.6 Å². The first kappa shape index (κ1) is 21.5. The molecule has 7 nitrogen and oxygen atoms in total. The molecule has 0 spiro atoms. The van der Waals surface area contributed by atoms with Crippen molar-refractivity contribution in [2.45, 2.75) is 0 Å². The summed E-state index contributed by atoms with van der Waals surface area (Å²) in [5, 5.41) is 1.47. The minimum atomic E-state index is -0.468. The van der Waals surface area contributed by atoms with Gasteiger partial charge in [0.15, 0.2) is 11.5 Å². The Labute approximate surface area is 195 Å². The summed E-state index contributed by atoms with van der Waals surface area (Å²) < 4.78 is 27.3. The first-order chi connectivity index (χ1) is 16.6. The highest BCUT2D eigenvalue weighted by molar-refractivity contribution is 6.16. The summed E-state index contributed by atoms with van der Waals surface area (Å²) in [6, 6.07) is 18.9. The van der Waals surface area contributed by atoms with Crippen LogP contribution in [0.4, 0.5) is 0 Å². The summed E-state index contributed by atoms with van der Waals surface area (Å²) in [5.41, 5.74) is 3.78. The number of nitrogens with one attached hydrogen (secondary N) is 1. The second-order valence-electron chi connectivity index (χ2n) is 7.67. The summed E-state index contributed by atoms with van der Waals surface area (Å²) >= 11 is 0. The smallest absolute Gasteiger partial charge is 0.360 e. The fourth-order valence-corrected chi connectivity index (χ4v) is 4.23. The van der Waals surface area contributed by atoms with Crippen molar-refractivity contribution in [3.63, 3.8) is 0 Å². The number of hydrogen-bond acceptors (Lipinski definition) is 6. The topological polar surface area (TPSA) is 82.9 Å². The fraction of sp³-hybridized carbons (Fsp3) is 0.148. The summed E-state index contributed by atoms with van der Waals surface area (Å²) in [6.07, 6.45) is 0. The van der Waals surface area contributed by atoms with E-state index in [4.69, 9.17) is 23.4 Å². The van der Waals surface area contributed by atoms with Crippen LogP contribution in [0, 0.1) is 0 Å². The van der Waals surface area contributed by atoms with E-state index in [0.717, 1.165) is 44.7 Å². The van der Waals surface area contributed by atoms with Gasteiger partial charge in [-0.25, -0.2) is 4.79 Å². The highest BCUT2D eigenvalue weighted by atomic mass is 16.5. The molecule has 0 bridgehead atoms. The van der Waals surface area contributed by atoms with Gasteiger partial charge in [0.05, 0.1) is 34.1 Å². The van der Waals surface area contributed by atoms with Crippen LogP contribution in [-0.2, 0) is 0 Å². The molecule has 0 saturated heterocycles. The minimum Gasteiger partial charge on any atom is -0.497 e. The molecule has 0 fully saturated rings. The van der Waals surface area contributed by atoms with Crippen LogP contribution in [0.2, 0.25) is 0 Å². The molecule has 3 aromatic carbocycles. The van der Waals surface area contributed by atoms with Crippen molar-refractivity contribution >= 4 is 21.9 Å². The van der Waals surface area contributed by atoms with Crippen LogP contribution in [0.5, 0.6) is 23.0 Å². The number of aromatic nitrogens is 1. The van der Waals surface area contributed by atoms with Crippen molar-refractivity contribution in [1.29, 1.82) is 0 Å². The normalized spacial score (nSPS) is 11.1. The lowest BCUT2D eigenvalue weighted by Crippen LogP contribution is -2.00. The van der Waals surface area contributed by atoms with Crippen LogP contribution in [0.1, 0.15) is 0 Å². The number of rotatable bonds is 6. The van der Waals surface area contributed by atoms with Crippen LogP contribution >= 0.6 is 0 Å². The van der Waals surface area contributed by atoms with E-state index in [-0.39, 0.29) is 0 Å². The molecule has 5 aromatic rings. The van der Waals surface area contributed by atoms with Gasteiger partial charge < -0.3 is 28.3 Å². The van der Waals surface area contributed by atoms with Gasteiger partial charge in [0.1, 0.15) is 22.6 Å². The van der Waals surface area contributed by atoms with Crippen LogP contribution in [0.25, 0.3) is 44.3 Å². The maximum absolute atomic E-state index is 13.1. The highest BCUT2D eigenvalue weighted by Crippen LogP contribution is 2.43. The third kappa shape index (κ3) is 3.42. The highest BCUT2D eigenvalue weighted by Gasteiger charge is 2.22. The van der Waals surface area contributed by atoms with Crippen molar-refractivity contribution in [2.24, 2.45) is 0 Å². The van der Waals surface area contributed by atoms with E-state index >= 15 is 0 Å². The number of methoxy groups -OCH3 is 4. The molecule has 0 aliphatic carbocycles. The molecule has 2 heterocycles. The predicted molar refractivity (Wildman–Crippen MR) is 131 cm³/mol. The van der Waals surface area contributed by atoms with Gasteiger partial charge in [-0.3, -0.25) is 0 Å². The fourth-order valence-electron chi connectivity index (χ4n) is 4.23. The van der Waals surface area contributed by atoms with Gasteiger partial charge in [0, 0.05) is 22.4 Å². The monoisotopic (exact) mass is 457 g/mol. The molecule has 172 valence electrons. The van der Waals surface area contributed by atoms with Gasteiger partial charge in [0.25, 0.3) is 0 Å². The Bertz CT molecular complexity index is 1550. The molecule has 34 heavy (non-hydrogen) atoms. The lowest BCUT2D eigenvalue weighted by molar-refractivity contribution is 0.355. The summed E-state index contributed by atoms with van der Waals surface area (Å²) in [7, 11) is 6.37. The first-order valence-corrected chi connectivity index (χ1v) is 10.6. The number of fused-ring (bicyclic) bond motifs is 3. The van der Waals surface area contributed by atoms with Crippen molar-refractivity contribution in [1.82, 2.24) is 4.98 Å². The maximum Gasteiger partial charge on any atom is 0.360 e. The van der Waals surface area contributed by atoms with Crippen molar-refractivity contribution < 1.29 is 23.4 Å². The molecule has 0 aliphatic heterocycles. The summed E-state index contributed by atoms with van der Waals surface area (Å²) in [5.74, 6) is 2.51. The second kappa shape index (κ2) is 8.51. The van der Waals surface area contributed by atoms with Crippen LogP contribution in [0.15, 0.2) is 69.9 Å². The van der Waals surface area contributed by atoms with Crippen LogP contribution in [0.3, 0.4) is 0 Å². The standard InChI is InChI=1S/C27H23NO6/c1-30-17-9-5-15(6-10-17)23-24-19-13-21(32-3)22(33-4)14-20(19)34-27(29)26(24)28-25(23)16-7-11-18(31-2)12-8-16/h5-14,28H,1-4H3. The molecular weight excluding hydrogens is 434 g/mol. The van der Waals surface area contributed by atoms with E-state index in [9.17, 15) is 4.79 Å². The molecule has 0 radical (unpaired) electrons. The van der Waals surface area contributed by atoms with E-state index in [2.05, 4.69) is 4.98 Å². The SMILES string of the molecule is COc1ccc(-c2[nH]c3c(=O)oc4cc(OC)c(OC)cc4c3c2-c2ccc(OC)cc2)cc1. The van der Waals surface area contributed by atoms with Crippen molar-refractivity contribution in [2.75, 3.05) is 28.4 Å². The Morgan fingerprint density at radius 1 is 0.706 bits per heavy atom. The Balaban J connectivity index is 1.91. The van der Waals surface area contributed by atoms with Gasteiger partial charge >= 0.3 is 5.63 Å². The predicted octanol–water partition coefficient (Wildman–Crippen LogP) is 5.64. The van der Waals surface area contributed by atoms with Crippen LogP contribution in [-0.4, -0.2) is 33.4 Å². The van der Waals surface area contributed by atoms with E-state index < -0.39 is 5.63 Å². The van der Waals surface area contributed by atoms with E-state index in [1.165, 1.54) is 0 Å².